The molecule has 2 aromatic carbocycles. The lowest BCUT2D eigenvalue weighted by Crippen LogP contribution is -2.45. The van der Waals surface area contributed by atoms with Crippen LogP contribution in [0.15, 0.2) is 60.8 Å². The number of anilines is 2. The number of carbonyl (C=O) groups excluding carboxylic acids is 3. The fourth-order valence-electron chi connectivity index (χ4n) is 3.56. The number of carbonyl (C=O) groups is 3. The summed E-state index contributed by atoms with van der Waals surface area (Å²) in [5.74, 6) is -0.861. The van der Waals surface area contributed by atoms with Crippen molar-refractivity contribution in [1.29, 1.82) is 0 Å². The first kappa shape index (κ1) is 20.3. The molecule has 0 saturated heterocycles. The number of hydrogen-bond acceptors (Lipinski definition) is 5. The van der Waals surface area contributed by atoms with E-state index in [2.05, 4.69) is 15.5 Å². The van der Waals surface area contributed by atoms with Gasteiger partial charge in [-0.2, -0.15) is 9.90 Å². The molecule has 4 rings (SSSR count). The molecule has 1 aliphatic rings. The van der Waals surface area contributed by atoms with Gasteiger partial charge in [0.2, 0.25) is 11.8 Å². The lowest BCUT2D eigenvalue weighted by atomic mass is 10.1. The van der Waals surface area contributed by atoms with Crippen LogP contribution in [0.4, 0.5) is 11.4 Å². The maximum Gasteiger partial charge on any atom is 0.276 e. The molecule has 9 heteroatoms. The van der Waals surface area contributed by atoms with E-state index in [4.69, 9.17) is 0 Å². The highest BCUT2D eigenvalue weighted by molar-refractivity contribution is 6.06. The number of amides is 3. The van der Waals surface area contributed by atoms with Gasteiger partial charge in [-0.15, -0.1) is 5.10 Å². The van der Waals surface area contributed by atoms with Crippen LogP contribution >= 0.6 is 0 Å². The minimum Gasteiger partial charge on any atom is -0.331 e. The van der Waals surface area contributed by atoms with Crippen LogP contribution in [0.2, 0.25) is 0 Å². The molecule has 0 bridgehead atoms. The number of hydrogen-bond donors (Lipinski definition) is 1. The van der Waals surface area contributed by atoms with E-state index in [1.54, 1.807) is 36.2 Å². The third-order valence-corrected chi connectivity index (χ3v) is 5.05. The zero-order chi connectivity index (χ0) is 22.0. The number of nitrogens with one attached hydrogen (secondary N) is 1. The fraction of sp³-hybridized carbons (Fsp3) is 0.227. The van der Waals surface area contributed by atoms with Gasteiger partial charge in [0, 0.05) is 19.5 Å². The average molecular weight is 418 g/mol. The molecule has 31 heavy (non-hydrogen) atoms. The smallest absolute Gasteiger partial charge is 0.276 e. The predicted octanol–water partition coefficient (Wildman–Crippen LogP) is 2.10. The summed E-state index contributed by atoms with van der Waals surface area (Å²) >= 11 is 0. The van der Waals surface area contributed by atoms with Crippen LogP contribution < -0.4 is 10.2 Å². The van der Waals surface area contributed by atoms with Crippen molar-refractivity contribution in [3.63, 3.8) is 0 Å². The average Bonchev–Trinajstić information content (AvgIpc) is 3.20. The Morgan fingerprint density at radius 2 is 1.84 bits per heavy atom. The standard InChI is InChI=1S/C22H22N6O3/c1-15-12-20(29)24-17-10-6-7-11-19(17)27(15)21(30)14-26(2)22(31)18-13-23-28(25-18)16-8-4-3-5-9-16/h3-11,13,15H,12,14H2,1-2H3,(H,24,29)/t15-/m0/s1. The van der Waals surface area contributed by atoms with Gasteiger partial charge in [0.05, 0.1) is 23.3 Å². The molecule has 0 radical (unpaired) electrons. The summed E-state index contributed by atoms with van der Waals surface area (Å²) in [5, 5.41) is 11.2. The van der Waals surface area contributed by atoms with E-state index in [1.807, 2.05) is 37.3 Å². The van der Waals surface area contributed by atoms with Crippen molar-refractivity contribution in [2.24, 2.45) is 0 Å². The molecule has 0 spiro atoms. The number of rotatable bonds is 4. The molecule has 0 fully saturated rings. The molecule has 1 N–H and O–H groups in total. The zero-order valence-electron chi connectivity index (χ0n) is 17.2. The van der Waals surface area contributed by atoms with E-state index in [0.717, 1.165) is 5.69 Å². The summed E-state index contributed by atoms with van der Waals surface area (Å²) in [5.41, 5.74) is 2.06. The molecular formula is C22H22N6O3. The van der Waals surface area contributed by atoms with Crippen molar-refractivity contribution in [1.82, 2.24) is 19.9 Å². The summed E-state index contributed by atoms with van der Waals surface area (Å²) in [6.45, 7) is 1.65. The largest absolute Gasteiger partial charge is 0.331 e. The highest BCUT2D eigenvalue weighted by atomic mass is 16.2. The SMILES string of the molecule is C[C@H]1CC(=O)Nc2ccccc2N1C(=O)CN(C)C(=O)c1cnn(-c2ccccc2)n1. The lowest BCUT2D eigenvalue weighted by molar-refractivity contribution is -0.119. The number of nitrogens with zero attached hydrogens (tertiary/aromatic N) is 5. The van der Waals surface area contributed by atoms with Gasteiger partial charge in [-0.25, -0.2) is 0 Å². The van der Waals surface area contributed by atoms with Crippen molar-refractivity contribution in [3.05, 3.63) is 66.5 Å². The number of benzene rings is 2. The van der Waals surface area contributed by atoms with Crippen molar-refractivity contribution in [3.8, 4) is 5.69 Å². The Morgan fingerprint density at radius 3 is 2.61 bits per heavy atom. The molecule has 3 aromatic rings. The Morgan fingerprint density at radius 1 is 1.13 bits per heavy atom. The number of para-hydroxylation sites is 3. The third-order valence-electron chi connectivity index (χ3n) is 5.05. The van der Waals surface area contributed by atoms with E-state index in [9.17, 15) is 14.4 Å². The summed E-state index contributed by atoms with van der Waals surface area (Å²) in [4.78, 5) is 42.3. The van der Waals surface area contributed by atoms with E-state index in [-0.39, 0.29) is 36.5 Å². The van der Waals surface area contributed by atoms with Crippen molar-refractivity contribution in [2.75, 3.05) is 23.8 Å². The van der Waals surface area contributed by atoms with Gasteiger partial charge in [-0.3, -0.25) is 14.4 Å². The topological polar surface area (TPSA) is 100 Å². The van der Waals surface area contributed by atoms with E-state index in [0.29, 0.717) is 11.4 Å². The molecule has 0 saturated carbocycles. The van der Waals surface area contributed by atoms with Crippen molar-refractivity contribution in [2.45, 2.75) is 19.4 Å². The van der Waals surface area contributed by atoms with Gasteiger partial charge in [-0.05, 0) is 31.2 Å². The molecule has 9 nitrogen and oxygen atoms in total. The van der Waals surface area contributed by atoms with E-state index >= 15 is 0 Å². The summed E-state index contributed by atoms with van der Waals surface area (Å²) in [6.07, 6.45) is 1.55. The van der Waals surface area contributed by atoms with Gasteiger partial charge >= 0.3 is 0 Å². The maximum absolute atomic E-state index is 13.2. The van der Waals surface area contributed by atoms with Crippen LogP contribution in [0, 0.1) is 0 Å². The quantitative estimate of drug-likeness (QED) is 0.699. The summed E-state index contributed by atoms with van der Waals surface area (Å²) in [7, 11) is 1.54. The van der Waals surface area contributed by atoms with Crippen molar-refractivity contribution < 1.29 is 14.4 Å². The maximum atomic E-state index is 13.2. The normalized spacial score (nSPS) is 15.6. The second kappa shape index (κ2) is 8.39. The molecule has 0 aliphatic carbocycles. The van der Waals surface area contributed by atoms with Gasteiger partial charge in [0.1, 0.15) is 6.54 Å². The molecule has 2 heterocycles. The number of aromatic nitrogens is 3. The van der Waals surface area contributed by atoms with Gasteiger partial charge < -0.3 is 15.1 Å². The number of likely N-dealkylation sites (N-methyl/N-ethyl adjacent to an activating group) is 1. The van der Waals surface area contributed by atoms with Crippen LogP contribution in [0.25, 0.3) is 5.69 Å². The van der Waals surface area contributed by atoms with Crippen LogP contribution in [-0.2, 0) is 9.59 Å². The first-order valence-corrected chi connectivity index (χ1v) is 9.88. The number of fused-ring (bicyclic) bond motifs is 1. The lowest BCUT2D eigenvalue weighted by Gasteiger charge is -2.29. The van der Waals surface area contributed by atoms with Crippen LogP contribution in [0.3, 0.4) is 0 Å². The highest BCUT2D eigenvalue weighted by Crippen LogP contribution is 2.31. The molecule has 3 amide bonds. The molecule has 0 unspecified atom stereocenters. The second-order valence-corrected chi connectivity index (χ2v) is 7.40. The second-order valence-electron chi connectivity index (χ2n) is 7.40. The van der Waals surface area contributed by atoms with E-state index < -0.39 is 5.91 Å². The predicted molar refractivity (Wildman–Crippen MR) is 115 cm³/mol. The minimum atomic E-state index is -0.416. The highest BCUT2D eigenvalue weighted by Gasteiger charge is 2.31. The molecule has 1 aromatic heterocycles. The summed E-state index contributed by atoms with van der Waals surface area (Å²) in [6, 6.07) is 16.0. The zero-order valence-corrected chi connectivity index (χ0v) is 17.2. The van der Waals surface area contributed by atoms with Gasteiger partial charge in [-0.1, -0.05) is 30.3 Å². The van der Waals surface area contributed by atoms with Crippen molar-refractivity contribution >= 4 is 29.1 Å². The Balaban J connectivity index is 1.51. The van der Waals surface area contributed by atoms with E-state index in [1.165, 1.54) is 15.9 Å². The molecule has 1 aliphatic heterocycles. The van der Waals surface area contributed by atoms with Crippen LogP contribution in [0.5, 0.6) is 0 Å². The van der Waals surface area contributed by atoms with Gasteiger partial charge in [0.25, 0.3) is 5.91 Å². The van der Waals surface area contributed by atoms with Gasteiger partial charge in [0.15, 0.2) is 5.69 Å². The monoisotopic (exact) mass is 418 g/mol. The molecule has 1 atom stereocenters. The minimum absolute atomic E-state index is 0.139. The third kappa shape index (κ3) is 4.16. The Hall–Kier alpha value is -4.01. The first-order chi connectivity index (χ1) is 14.9. The Bertz CT molecular complexity index is 1130. The Kier molecular flexibility index (Phi) is 5.48. The summed E-state index contributed by atoms with van der Waals surface area (Å²) < 4.78 is 0. The Labute approximate surface area is 179 Å². The van der Waals surface area contributed by atoms with Crippen LogP contribution in [-0.4, -0.2) is 57.2 Å². The first-order valence-electron chi connectivity index (χ1n) is 9.88. The molecule has 158 valence electrons. The fourth-order valence-corrected chi connectivity index (χ4v) is 3.56. The molecular weight excluding hydrogens is 396 g/mol. The van der Waals surface area contributed by atoms with Crippen LogP contribution in [0.1, 0.15) is 23.8 Å².